The molecule has 0 spiro atoms. The summed E-state index contributed by atoms with van der Waals surface area (Å²) in [7, 11) is 0. The number of nitrogens with one attached hydrogen (secondary N) is 2. The first kappa shape index (κ1) is 20.1. The predicted octanol–water partition coefficient (Wildman–Crippen LogP) is 4.17. The lowest BCUT2D eigenvalue weighted by Crippen LogP contribution is -2.13. The number of ether oxygens (including phenoxy) is 1. The van der Waals surface area contributed by atoms with Gasteiger partial charge in [-0.05, 0) is 55.3 Å². The van der Waals surface area contributed by atoms with Crippen LogP contribution in [0.3, 0.4) is 0 Å². The van der Waals surface area contributed by atoms with E-state index in [0.29, 0.717) is 23.4 Å². The monoisotopic (exact) mass is 389 g/mol. The molecule has 0 aliphatic heterocycles. The van der Waals surface area contributed by atoms with E-state index in [9.17, 15) is 9.59 Å². The zero-order valence-corrected chi connectivity index (χ0v) is 16.2. The Bertz CT molecular complexity index is 939. The number of carbonyl (C=O) groups is 2. The molecule has 1 aromatic heterocycles. The van der Waals surface area contributed by atoms with E-state index in [1.807, 2.05) is 18.2 Å². The van der Waals surface area contributed by atoms with Crippen LogP contribution in [0, 0.1) is 0 Å². The highest BCUT2D eigenvalue weighted by atomic mass is 16.5. The maximum Gasteiger partial charge on any atom is 0.338 e. The van der Waals surface area contributed by atoms with Crippen molar-refractivity contribution < 1.29 is 14.3 Å². The summed E-state index contributed by atoms with van der Waals surface area (Å²) in [5.41, 5.74) is 2.74. The van der Waals surface area contributed by atoms with Gasteiger partial charge in [-0.1, -0.05) is 30.3 Å². The Balaban J connectivity index is 1.51. The highest BCUT2D eigenvalue weighted by molar-refractivity contribution is 6.04. The number of aromatic nitrogens is 1. The van der Waals surface area contributed by atoms with Crippen molar-refractivity contribution in [2.24, 2.45) is 0 Å². The molecule has 0 atom stereocenters. The molecule has 6 nitrogen and oxygen atoms in total. The molecule has 0 bridgehead atoms. The largest absolute Gasteiger partial charge is 0.462 e. The molecule has 1 heterocycles. The van der Waals surface area contributed by atoms with E-state index in [1.165, 1.54) is 11.8 Å². The van der Waals surface area contributed by atoms with Gasteiger partial charge in [0.1, 0.15) is 5.82 Å². The van der Waals surface area contributed by atoms with Crippen molar-refractivity contribution in [1.82, 2.24) is 4.98 Å². The van der Waals surface area contributed by atoms with Crippen molar-refractivity contribution in [3.63, 3.8) is 0 Å². The first-order chi connectivity index (χ1) is 14.2. The van der Waals surface area contributed by atoms with E-state index in [4.69, 9.17) is 4.74 Å². The number of carbonyl (C=O) groups excluding carboxylic acids is 2. The molecular formula is C23H23N3O3. The highest BCUT2D eigenvalue weighted by Gasteiger charge is 2.09. The highest BCUT2D eigenvalue weighted by Crippen LogP contribution is 2.13. The number of benzene rings is 2. The molecule has 0 radical (unpaired) electrons. The molecule has 2 aromatic carbocycles. The Morgan fingerprint density at radius 1 is 0.931 bits per heavy atom. The topological polar surface area (TPSA) is 80.3 Å². The summed E-state index contributed by atoms with van der Waals surface area (Å²) in [6.07, 6.45) is 2.43. The molecule has 0 aliphatic carbocycles. The lowest BCUT2D eigenvalue weighted by molar-refractivity contribution is 0.0526. The second-order valence-corrected chi connectivity index (χ2v) is 6.35. The lowest BCUT2D eigenvalue weighted by Gasteiger charge is -2.08. The minimum absolute atomic E-state index is 0.266. The van der Waals surface area contributed by atoms with Gasteiger partial charge in [0.15, 0.2) is 0 Å². The van der Waals surface area contributed by atoms with Gasteiger partial charge in [0.25, 0.3) is 5.91 Å². The third-order valence-corrected chi connectivity index (χ3v) is 4.24. The normalized spacial score (nSPS) is 10.2. The Morgan fingerprint density at radius 3 is 2.31 bits per heavy atom. The number of hydrogen-bond donors (Lipinski definition) is 2. The summed E-state index contributed by atoms with van der Waals surface area (Å²) < 4.78 is 4.94. The van der Waals surface area contributed by atoms with Gasteiger partial charge in [0.2, 0.25) is 0 Å². The Morgan fingerprint density at radius 2 is 1.66 bits per heavy atom. The van der Waals surface area contributed by atoms with E-state index in [-0.39, 0.29) is 11.9 Å². The number of anilines is 2. The van der Waals surface area contributed by atoms with Crippen LogP contribution in [0.5, 0.6) is 0 Å². The van der Waals surface area contributed by atoms with E-state index in [0.717, 1.165) is 18.8 Å². The van der Waals surface area contributed by atoms with Crippen LogP contribution >= 0.6 is 0 Å². The average molecular weight is 389 g/mol. The number of amides is 1. The third kappa shape index (κ3) is 5.90. The summed E-state index contributed by atoms with van der Waals surface area (Å²) >= 11 is 0. The van der Waals surface area contributed by atoms with Gasteiger partial charge in [0, 0.05) is 18.4 Å². The molecule has 2 N–H and O–H groups in total. The second-order valence-electron chi connectivity index (χ2n) is 6.35. The van der Waals surface area contributed by atoms with Gasteiger partial charge in [0.05, 0.1) is 17.7 Å². The smallest absolute Gasteiger partial charge is 0.338 e. The summed E-state index contributed by atoms with van der Waals surface area (Å²) in [4.78, 5) is 28.3. The summed E-state index contributed by atoms with van der Waals surface area (Å²) in [6, 6.07) is 20.3. The van der Waals surface area contributed by atoms with Crippen molar-refractivity contribution >= 4 is 23.4 Å². The van der Waals surface area contributed by atoms with Crippen molar-refractivity contribution in [2.75, 3.05) is 23.8 Å². The minimum Gasteiger partial charge on any atom is -0.462 e. The van der Waals surface area contributed by atoms with E-state index in [1.54, 1.807) is 43.3 Å². The average Bonchev–Trinajstić information content (AvgIpc) is 2.75. The fourth-order valence-electron chi connectivity index (χ4n) is 2.72. The first-order valence-electron chi connectivity index (χ1n) is 9.48. The molecule has 29 heavy (non-hydrogen) atoms. The number of pyridine rings is 1. The first-order valence-corrected chi connectivity index (χ1v) is 9.48. The molecule has 6 heteroatoms. The van der Waals surface area contributed by atoms with Crippen LogP contribution in [0.1, 0.15) is 33.2 Å². The fourth-order valence-corrected chi connectivity index (χ4v) is 2.72. The van der Waals surface area contributed by atoms with Crippen LogP contribution in [0.4, 0.5) is 11.5 Å². The molecule has 0 aliphatic rings. The fraction of sp³-hybridized carbons (Fsp3) is 0.174. The quantitative estimate of drug-likeness (QED) is 0.565. The standard InChI is InChI=1S/C23H23N3O3/c1-2-29-23(28)18-8-11-20(12-9-18)26-22(27)19-10-13-21(25-16-19)24-15-14-17-6-4-3-5-7-17/h3-13,16H,2,14-15H2,1H3,(H,24,25)(H,26,27). The SMILES string of the molecule is CCOC(=O)c1ccc(NC(=O)c2ccc(NCCc3ccccc3)nc2)cc1. The van der Waals surface area contributed by atoms with E-state index < -0.39 is 0 Å². The number of nitrogens with zero attached hydrogens (tertiary/aromatic N) is 1. The Labute approximate surface area is 169 Å². The minimum atomic E-state index is -0.384. The summed E-state index contributed by atoms with van der Waals surface area (Å²) in [5.74, 6) is 0.0680. The lowest BCUT2D eigenvalue weighted by atomic mass is 10.1. The van der Waals surface area contributed by atoms with Crippen LogP contribution in [0.15, 0.2) is 72.9 Å². The molecule has 0 saturated carbocycles. The van der Waals surface area contributed by atoms with Gasteiger partial charge < -0.3 is 15.4 Å². The Hall–Kier alpha value is -3.67. The van der Waals surface area contributed by atoms with Crippen LogP contribution in [0.25, 0.3) is 0 Å². The second kappa shape index (κ2) is 10.0. The van der Waals surface area contributed by atoms with Gasteiger partial charge in [-0.2, -0.15) is 0 Å². The zero-order chi connectivity index (χ0) is 20.5. The van der Waals surface area contributed by atoms with Gasteiger partial charge >= 0.3 is 5.97 Å². The Kier molecular flexibility index (Phi) is 6.95. The summed E-state index contributed by atoms with van der Waals surface area (Å²) in [6.45, 7) is 2.83. The third-order valence-electron chi connectivity index (χ3n) is 4.24. The van der Waals surface area contributed by atoms with Crippen LogP contribution < -0.4 is 10.6 Å². The zero-order valence-electron chi connectivity index (χ0n) is 16.2. The van der Waals surface area contributed by atoms with Gasteiger partial charge in [-0.25, -0.2) is 9.78 Å². The van der Waals surface area contributed by atoms with Crippen molar-refractivity contribution in [1.29, 1.82) is 0 Å². The van der Waals surface area contributed by atoms with Gasteiger partial charge in [-0.3, -0.25) is 4.79 Å². The number of hydrogen-bond acceptors (Lipinski definition) is 5. The van der Waals surface area contributed by atoms with Crippen LogP contribution in [0.2, 0.25) is 0 Å². The summed E-state index contributed by atoms with van der Waals surface area (Å²) in [5, 5.41) is 6.04. The molecule has 148 valence electrons. The van der Waals surface area contributed by atoms with Crippen molar-refractivity contribution in [3.05, 3.63) is 89.6 Å². The molecule has 3 rings (SSSR count). The molecule has 1 amide bonds. The number of esters is 1. The maximum atomic E-state index is 12.4. The maximum absolute atomic E-state index is 12.4. The van der Waals surface area contributed by atoms with Crippen LogP contribution in [-0.2, 0) is 11.2 Å². The molecule has 0 saturated heterocycles. The van der Waals surface area contributed by atoms with Crippen molar-refractivity contribution in [3.8, 4) is 0 Å². The van der Waals surface area contributed by atoms with E-state index >= 15 is 0 Å². The molecular weight excluding hydrogens is 366 g/mol. The predicted molar refractivity (Wildman–Crippen MR) is 113 cm³/mol. The van der Waals surface area contributed by atoms with E-state index in [2.05, 4.69) is 27.8 Å². The van der Waals surface area contributed by atoms with Gasteiger partial charge in [-0.15, -0.1) is 0 Å². The van der Waals surface area contributed by atoms with Crippen molar-refractivity contribution in [2.45, 2.75) is 13.3 Å². The number of rotatable bonds is 8. The van der Waals surface area contributed by atoms with Crippen LogP contribution in [-0.4, -0.2) is 30.0 Å². The molecule has 3 aromatic rings. The molecule has 0 unspecified atom stereocenters. The molecule has 0 fully saturated rings.